The first-order chi connectivity index (χ1) is 21.4. The Morgan fingerprint density at radius 3 is 2.82 bits per heavy atom. The third-order valence-corrected chi connectivity index (χ3v) is 8.49. The Balaban J connectivity index is 1.19. The van der Waals surface area contributed by atoms with Gasteiger partial charge >= 0.3 is 0 Å². The number of hydrogen-bond donors (Lipinski definition) is 3. The Bertz CT molecular complexity index is 2010. The molecule has 0 radical (unpaired) electrons. The van der Waals surface area contributed by atoms with Gasteiger partial charge in [-0.2, -0.15) is 0 Å². The van der Waals surface area contributed by atoms with E-state index >= 15 is 0 Å². The second kappa shape index (κ2) is 12.4. The van der Waals surface area contributed by atoms with Crippen LogP contribution in [0.3, 0.4) is 0 Å². The van der Waals surface area contributed by atoms with Gasteiger partial charge in [-0.3, -0.25) is 9.59 Å². The number of aromatic nitrogens is 4. The number of carbonyl (C=O) groups excluding carboxylic acids is 2. The molecule has 0 saturated heterocycles. The summed E-state index contributed by atoms with van der Waals surface area (Å²) in [6, 6.07) is 15.3. The van der Waals surface area contributed by atoms with Crippen molar-refractivity contribution in [1.82, 2.24) is 24.4 Å². The van der Waals surface area contributed by atoms with E-state index in [1.807, 2.05) is 76.3 Å². The van der Waals surface area contributed by atoms with Crippen molar-refractivity contribution in [3.05, 3.63) is 96.2 Å². The number of hydrogen-bond acceptors (Lipinski definition) is 7. The van der Waals surface area contributed by atoms with Crippen LogP contribution in [0.25, 0.3) is 38.2 Å². The van der Waals surface area contributed by atoms with E-state index in [1.165, 1.54) is 17.4 Å². The van der Waals surface area contributed by atoms with Gasteiger partial charge in [-0.1, -0.05) is 24.3 Å². The van der Waals surface area contributed by atoms with Gasteiger partial charge in [0.1, 0.15) is 17.3 Å². The highest BCUT2D eigenvalue weighted by atomic mass is 32.1. The molecule has 2 aromatic carbocycles. The van der Waals surface area contributed by atoms with Gasteiger partial charge in [0.05, 0.1) is 19.1 Å². The first-order valence-electron chi connectivity index (χ1n) is 14.0. The molecule has 4 heterocycles. The molecule has 10 nitrogen and oxygen atoms in total. The molecule has 6 rings (SSSR count). The van der Waals surface area contributed by atoms with Gasteiger partial charge < -0.3 is 30.2 Å². The van der Waals surface area contributed by atoms with Crippen molar-refractivity contribution in [3.63, 3.8) is 0 Å². The average Bonchev–Trinajstić information content (AvgIpc) is 3.79. The van der Waals surface area contributed by atoms with Crippen LogP contribution < -0.4 is 21.1 Å². The fourth-order valence-corrected chi connectivity index (χ4v) is 6.27. The molecule has 6 aromatic rings. The smallest absolute Gasteiger partial charge is 0.272 e. The molecule has 4 N–H and O–H groups in total. The lowest BCUT2D eigenvalue weighted by atomic mass is 10.0. The summed E-state index contributed by atoms with van der Waals surface area (Å²) in [6.45, 7) is 1.34. The van der Waals surface area contributed by atoms with E-state index in [-0.39, 0.29) is 11.8 Å². The van der Waals surface area contributed by atoms with Gasteiger partial charge in [0.2, 0.25) is 5.91 Å². The van der Waals surface area contributed by atoms with Crippen LogP contribution in [0.15, 0.2) is 84.9 Å². The third kappa shape index (κ3) is 5.77. The zero-order chi connectivity index (χ0) is 30.6. The van der Waals surface area contributed by atoms with Gasteiger partial charge in [0.25, 0.3) is 5.91 Å². The predicted molar refractivity (Wildman–Crippen MR) is 176 cm³/mol. The summed E-state index contributed by atoms with van der Waals surface area (Å²) in [4.78, 5) is 34.1. The highest BCUT2D eigenvalue weighted by Crippen LogP contribution is 2.41. The molecule has 0 saturated carbocycles. The summed E-state index contributed by atoms with van der Waals surface area (Å²) in [5.41, 5.74) is 11.0. The maximum atomic E-state index is 13.2. The number of nitrogens with zero attached hydrogens (tertiary/aromatic N) is 4. The van der Waals surface area contributed by atoms with Gasteiger partial charge in [-0.25, -0.2) is 9.97 Å². The predicted octanol–water partition coefficient (Wildman–Crippen LogP) is 5.71. The minimum atomic E-state index is -0.233. The second-order valence-electron chi connectivity index (χ2n) is 10.2. The normalized spacial score (nSPS) is 11.4. The number of nitrogens with one attached hydrogen (secondary N) is 2. The van der Waals surface area contributed by atoms with Crippen LogP contribution in [0.1, 0.15) is 22.5 Å². The zero-order valence-electron chi connectivity index (χ0n) is 24.3. The van der Waals surface area contributed by atoms with Crippen LogP contribution in [-0.4, -0.2) is 44.6 Å². The Kier molecular flexibility index (Phi) is 8.11. The molecular weight excluding hydrogens is 574 g/mol. The molecule has 0 spiro atoms. The number of benzene rings is 2. The number of nitrogens with two attached hydrogens (primary N) is 1. The lowest BCUT2D eigenvalue weighted by Crippen LogP contribution is -2.22. The standard InChI is InChI=1S/C33H31N7O3S/c1-39-26-7-4-3-6-22(26)16-27(39)33(42)38-25-10-8-21(17-28(25)43-2)24-19-44-31-23(18-37-32(34)30(24)31)9-11-29(41)36-12-5-14-40-15-13-35-20-40/h3-4,6-11,13,15-20H,5,12,14H2,1-2H3,(H2,34,37)(H,36,41)(H,38,42)/b11-9+. The van der Waals surface area contributed by atoms with Crippen molar-refractivity contribution in [2.75, 3.05) is 24.7 Å². The molecule has 0 fully saturated rings. The number of rotatable bonds is 10. The number of imidazole rings is 1. The topological polar surface area (TPSA) is 129 Å². The zero-order valence-corrected chi connectivity index (χ0v) is 25.1. The lowest BCUT2D eigenvalue weighted by molar-refractivity contribution is -0.116. The van der Waals surface area contributed by atoms with Crippen LogP contribution in [-0.2, 0) is 18.4 Å². The monoisotopic (exact) mass is 605 g/mol. The van der Waals surface area contributed by atoms with E-state index in [0.717, 1.165) is 50.6 Å². The van der Waals surface area contributed by atoms with Gasteiger partial charge in [0.15, 0.2) is 0 Å². The number of fused-ring (bicyclic) bond motifs is 2. The number of nitrogen functional groups attached to an aromatic ring is 1. The van der Waals surface area contributed by atoms with Gasteiger partial charge in [0, 0.05) is 76.9 Å². The van der Waals surface area contributed by atoms with E-state index in [4.69, 9.17) is 10.5 Å². The minimum Gasteiger partial charge on any atom is -0.495 e. The number of pyridine rings is 1. The summed E-state index contributed by atoms with van der Waals surface area (Å²) in [5.74, 6) is 0.497. The summed E-state index contributed by atoms with van der Waals surface area (Å²) in [7, 11) is 3.44. The maximum Gasteiger partial charge on any atom is 0.272 e. The number of ether oxygens (including phenoxy) is 1. The Hall–Kier alpha value is -5.42. The molecule has 2 amide bonds. The number of para-hydroxylation sites is 1. The average molecular weight is 606 g/mol. The van der Waals surface area contributed by atoms with Crippen molar-refractivity contribution in [1.29, 1.82) is 0 Å². The number of aryl methyl sites for hydroxylation is 2. The molecule has 0 atom stereocenters. The van der Waals surface area contributed by atoms with Crippen molar-refractivity contribution < 1.29 is 14.3 Å². The van der Waals surface area contributed by atoms with E-state index in [2.05, 4.69) is 20.6 Å². The summed E-state index contributed by atoms with van der Waals surface area (Å²) < 4.78 is 10.4. The first kappa shape index (κ1) is 28.7. The van der Waals surface area contributed by atoms with Crippen LogP contribution in [0, 0.1) is 0 Å². The van der Waals surface area contributed by atoms with Crippen LogP contribution in [0.5, 0.6) is 5.75 Å². The molecule has 0 unspecified atom stereocenters. The molecule has 222 valence electrons. The van der Waals surface area contributed by atoms with E-state index in [0.29, 0.717) is 29.5 Å². The Labute approximate surface area is 257 Å². The highest BCUT2D eigenvalue weighted by molar-refractivity contribution is 7.18. The first-order valence-corrected chi connectivity index (χ1v) is 14.9. The molecule has 0 aliphatic rings. The lowest BCUT2D eigenvalue weighted by Gasteiger charge is -2.13. The molecule has 0 bridgehead atoms. The highest BCUT2D eigenvalue weighted by Gasteiger charge is 2.18. The number of thiophene rings is 1. The molecule has 4 aromatic heterocycles. The molecular formula is C33H31N7O3S. The van der Waals surface area contributed by atoms with Gasteiger partial charge in [-0.05, 0) is 47.7 Å². The SMILES string of the molecule is COc1cc(-c2csc3c(/C=C/C(=O)NCCCn4ccnc4)cnc(N)c23)ccc1NC(=O)c1cc2ccccc2n1C. The molecule has 0 aliphatic carbocycles. The van der Waals surface area contributed by atoms with Crippen molar-refractivity contribution in [2.24, 2.45) is 7.05 Å². The Morgan fingerprint density at radius 1 is 1.16 bits per heavy atom. The van der Waals surface area contributed by atoms with Crippen molar-refractivity contribution in [3.8, 4) is 16.9 Å². The molecule has 11 heteroatoms. The van der Waals surface area contributed by atoms with Crippen LogP contribution in [0.2, 0.25) is 0 Å². The quantitative estimate of drug-likeness (QED) is 0.135. The fraction of sp³-hybridized carbons (Fsp3) is 0.152. The molecule has 44 heavy (non-hydrogen) atoms. The van der Waals surface area contributed by atoms with E-state index in [1.54, 1.807) is 31.9 Å². The van der Waals surface area contributed by atoms with Crippen LogP contribution >= 0.6 is 11.3 Å². The largest absolute Gasteiger partial charge is 0.495 e. The number of amides is 2. The summed E-state index contributed by atoms with van der Waals surface area (Å²) in [5, 5.41) is 9.71. The summed E-state index contributed by atoms with van der Waals surface area (Å²) >= 11 is 1.53. The minimum absolute atomic E-state index is 0.178. The third-order valence-electron chi connectivity index (χ3n) is 7.46. The van der Waals surface area contributed by atoms with Crippen molar-refractivity contribution >= 4 is 61.7 Å². The van der Waals surface area contributed by atoms with Gasteiger partial charge in [-0.15, -0.1) is 11.3 Å². The van der Waals surface area contributed by atoms with Crippen molar-refractivity contribution in [2.45, 2.75) is 13.0 Å². The van der Waals surface area contributed by atoms with E-state index in [9.17, 15) is 9.59 Å². The fourth-order valence-electron chi connectivity index (χ4n) is 5.19. The number of methoxy groups -OCH3 is 1. The maximum absolute atomic E-state index is 13.2. The molecule has 0 aliphatic heterocycles. The number of carbonyl (C=O) groups is 2. The van der Waals surface area contributed by atoms with E-state index < -0.39 is 0 Å². The Morgan fingerprint density at radius 2 is 2.02 bits per heavy atom. The number of anilines is 2. The van der Waals surface area contributed by atoms with Crippen LogP contribution in [0.4, 0.5) is 11.5 Å². The second-order valence-corrected chi connectivity index (χ2v) is 11.1. The summed E-state index contributed by atoms with van der Waals surface area (Å²) in [6.07, 6.45) is 11.1.